The number of fused-ring (bicyclic) bond motifs is 1. The van der Waals surface area contributed by atoms with Gasteiger partial charge >= 0.3 is 0 Å². The molecule has 1 unspecified atom stereocenters. The maximum Gasteiger partial charge on any atom is 0.261 e. The number of thiazole rings is 1. The summed E-state index contributed by atoms with van der Waals surface area (Å²) in [6, 6.07) is 3.78. The maximum absolute atomic E-state index is 13.2. The lowest BCUT2D eigenvalue weighted by molar-refractivity contribution is 0.102. The fourth-order valence-corrected chi connectivity index (χ4v) is 5.43. The van der Waals surface area contributed by atoms with Gasteiger partial charge in [0.2, 0.25) is 5.95 Å². The van der Waals surface area contributed by atoms with Crippen LogP contribution in [0.25, 0.3) is 11.3 Å². The summed E-state index contributed by atoms with van der Waals surface area (Å²) in [7, 11) is 0. The van der Waals surface area contributed by atoms with E-state index in [0.29, 0.717) is 28.3 Å². The molecule has 3 aromatic heterocycles. The van der Waals surface area contributed by atoms with Crippen molar-refractivity contribution < 1.29 is 4.79 Å². The van der Waals surface area contributed by atoms with Gasteiger partial charge in [0.05, 0.1) is 17.0 Å². The number of hydrogen-bond acceptors (Lipinski definition) is 7. The van der Waals surface area contributed by atoms with E-state index in [1.54, 1.807) is 29.9 Å². The first kappa shape index (κ1) is 20.1. The van der Waals surface area contributed by atoms with Crippen LogP contribution in [0.5, 0.6) is 0 Å². The SMILES string of the molecule is CC1CCc2nc(NC(=O)c3cnc(N4CCCCC4)nc3-c3cccnc3)sc2C1. The van der Waals surface area contributed by atoms with Crippen LogP contribution < -0.4 is 10.2 Å². The van der Waals surface area contributed by atoms with Crippen molar-refractivity contribution in [2.75, 3.05) is 23.3 Å². The van der Waals surface area contributed by atoms with E-state index in [9.17, 15) is 4.79 Å². The minimum atomic E-state index is -0.233. The van der Waals surface area contributed by atoms with E-state index in [-0.39, 0.29) is 5.91 Å². The maximum atomic E-state index is 13.2. The van der Waals surface area contributed by atoms with Gasteiger partial charge in [0.15, 0.2) is 5.13 Å². The Morgan fingerprint density at radius 2 is 2.06 bits per heavy atom. The normalized spacial score (nSPS) is 18.5. The van der Waals surface area contributed by atoms with Crippen LogP contribution in [0.4, 0.5) is 11.1 Å². The molecule has 4 heterocycles. The van der Waals surface area contributed by atoms with E-state index in [2.05, 4.69) is 32.1 Å². The molecule has 31 heavy (non-hydrogen) atoms. The Bertz CT molecular complexity index is 1080. The monoisotopic (exact) mass is 434 g/mol. The highest BCUT2D eigenvalue weighted by molar-refractivity contribution is 7.15. The molecule has 2 aliphatic rings. The first-order chi connectivity index (χ1) is 15.2. The minimum Gasteiger partial charge on any atom is -0.341 e. The van der Waals surface area contributed by atoms with Gasteiger partial charge in [-0.25, -0.2) is 15.0 Å². The molecule has 0 saturated carbocycles. The number of piperidine rings is 1. The van der Waals surface area contributed by atoms with Crippen LogP contribution in [0.1, 0.15) is 53.5 Å². The van der Waals surface area contributed by atoms with E-state index >= 15 is 0 Å². The molecule has 1 atom stereocenters. The van der Waals surface area contributed by atoms with Crippen LogP contribution in [-0.2, 0) is 12.8 Å². The van der Waals surface area contributed by atoms with Gasteiger partial charge in [-0.05, 0) is 56.6 Å². The highest BCUT2D eigenvalue weighted by atomic mass is 32.1. The second kappa shape index (κ2) is 8.70. The molecule has 3 aromatic rings. The van der Waals surface area contributed by atoms with Crippen LogP contribution in [0, 0.1) is 5.92 Å². The van der Waals surface area contributed by atoms with Gasteiger partial charge in [-0.3, -0.25) is 15.1 Å². The average Bonchev–Trinajstić information content (AvgIpc) is 3.21. The van der Waals surface area contributed by atoms with Crippen LogP contribution in [-0.4, -0.2) is 38.9 Å². The summed E-state index contributed by atoms with van der Waals surface area (Å²) in [6.07, 6.45) is 11.8. The highest BCUT2D eigenvalue weighted by Crippen LogP contribution is 2.33. The molecule has 1 aliphatic heterocycles. The molecule has 7 nitrogen and oxygen atoms in total. The van der Waals surface area contributed by atoms with Gasteiger partial charge < -0.3 is 4.90 Å². The smallest absolute Gasteiger partial charge is 0.261 e. The Balaban J connectivity index is 1.45. The molecule has 0 bridgehead atoms. The number of aryl methyl sites for hydroxylation is 1. The lowest BCUT2D eigenvalue weighted by Gasteiger charge is -2.27. The topological polar surface area (TPSA) is 83.9 Å². The van der Waals surface area contributed by atoms with Crippen LogP contribution in [0.2, 0.25) is 0 Å². The molecule has 1 saturated heterocycles. The van der Waals surface area contributed by atoms with Gasteiger partial charge in [0.25, 0.3) is 5.91 Å². The van der Waals surface area contributed by atoms with E-state index in [4.69, 9.17) is 4.98 Å². The first-order valence-electron chi connectivity index (χ1n) is 11.0. The van der Waals surface area contributed by atoms with Crippen LogP contribution in [0.15, 0.2) is 30.7 Å². The number of pyridine rings is 1. The quantitative estimate of drug-likeness (QED) is 0.657. The molecule has 1 amide bonds. The number of carbonyl (C=O) groups is 1. The highest BCUT2D eigenvalue weighted by Gasteiger charge is 2.23. The van der Waals surface area contributed by atoms with Crippen molar-refractivity contribution in [3.05, 3.63) is 46.9 Å². The average molecular weight is 435 g/mol. The zero-order valence-corrected chi connectivity index (χ0v) is 18.5. The molecular weight excluding hydrogens is 408 g/mol. The summed E-state index contributed by atoms with van der Waals surface area (Å²) in [5, 5.41) is 3.65. The Morgan fingerprint density at radius 3 is 2.87 bits per heavy atom. The molecule has 8 heteroatoms. The summed E-state index contributed by atoms with van der Waals surface area (Å²) in [4.78, 5) is 34.9. The van der Waals surface area contributed by atoms with Crippen molar-refractivity contribution >= 4 is 28.3 Å². The molecule has 1 fully saturated rings. The lowest BCUT2D eigenvalue weighted by Crippen LogP contribution is -2.31. The molecule has 1 aliphatic carbocycles. The summed E-state index contributed by atoms with van der Waals surface area (Å²) >= 11 is 1.59. The van der Waals surface area contributed by atoms with E-state index in [0.717, 1.165) is 56.5 Å². The number of anilines is 2. The largest absolute Gasteiger partial charge is 0.341 e. The number of rotatable bonds is 4. The number of hydrogen-bond donors (Lipinski definition) is 1. The molecule has 1 N–H and O–H groups in total. The van der Waals surface area contributed by atoms with E-state index in [1.165, 1.54) is 11.3 Å². The molecule has 0 aromatic carbocycles. The summed E-state index contributed by atoms with van der Waals surface area (Å²) in [5.74, 6) is 1.11. The van der Waals surface area contributed by atoms with Crippen molar-refractivity contribution in [2.24, 2.45) is 5.92 Å². The third-order valence-corrected chi connectivity index (χ3v) is 7.04. The minimum absolute atomic E-state index is 0.233. The summed E-state index contributed by atoms with van der Waals surface area (Å²) in [5.41, 5.74) is 2.98. The zero-order chi connectivity index (χ0) is 21.2. The van der Waals surface area contributed by atoms with E-state index < -0.39 is 0 Å². The molecule has 0 radical (unpaired) electrons. The zero-order valence-electron chi connectivity index (χ0n) is 17.7. The van der Waals surface area contributed by atoms with Crippen LogP contribution in [0.3, 0.4) is 0 Å². The fourth-order valence-electron chi connectivity index (χ4n) is 4.27. The van der Waals surface area contributed by atoms with Gasteiger partial charge in [-0.15, -0.1) is 11.3 Å². The Hall–Kier alpha value is -2.87. The predicted octanol–water partition coefficient (Wildman–Crippen LogP) is 4.36. The Morgan fingerprint density at radius 1 is 1.19 bits per heavy atom. The fraction of sp³-hybridized carbons (Fsp3) is 0.435. The summed E-state index contributed by atoms with van der Waals surface area (Å²) < 4.78 is 0. The molecule has 5 rings (SSSR count). The first-order valence-corrected chi connectivity index (χ1v) is 11.8. The number of nitrogens with zero attached hydrogens (tertiary/aromatic N) is 5. The van der Waals surface area contributed by atoms with Crippen molar-refractivity contribution in [1.29, 1.82) is 0 Å². The van der Waals surface area contributed by atoms with Crippen molar-refractivity contribution in [3.8, 4) is 11.3 Å². The predicted molar refractivity (Wildman–Crippen MR) is 123 cm³/mol. The lowest BCUT2D eigenvalue weighted by atomic mass is 9.93. The number of aromatic nitrogens is 4. The van der Waals surface area contributed by atoms with E-state index in [1.807, 2.05) is 12.1 Å². The summed E-state index contributed by atoms with van der Waals surface area (Å²) in [6.45, 7) is 4.16. The third kappa shape index (κ3) is 4.30. The Labute approximate surface area is 186 Å². The molecular formula is C23H26N6OS. The van der Waals surface area contributed by atoms with Gasteiger partial charge in [-0.1, -0.05) is 6.92 Å². The second-order valence-corrected chi connectivity index (χ2v) is 9.50. The Kier molecular flexibility index (Phi) is 5.63. The standard InChI is InChI=1S/C23H26N6OS/c1-15-7-8-18-19(12-15)31-23(26-18)28-21(30)17-14-25-22(29-10-3-2-4-11-29)27-20(17)16-6-5-9-24-13-16/h5-6,9,13-15H,2-4,7-8,10-12H2,1H3,(H,26,28,30). The van der Waals surface area contributed by atoms with Crippen molar-refractivity contribution in [2.45, 2.75) is 45.4 Å². The number of carbonyl (C=O) groups excluding carboxylic acids is 1. The van der Waals surface area contributed by atoms with Crippen molar-refractivity contribution in [1.82, 2.24) is 19.9 Å². The van der Waals surface area contributed by atoms with Crippen LogP contribution >= 0.6 is 11.3 Å². The van der Waals surface area contributed by atoms with Crippen molar-refractivity contribution in [3.63, 3.8) is 0 Å². The second-order valence-electron chi connectivity index (χ2n) is 8.41. The molecule has 160 valence electrons. The number of amides is 1. The van der Waals surface area contributed by atoms with Gasteiger partial charge in [0, 0.05) is 42.1 Å². The van der Waals surface area contributed by atoms with Gasteiger partial charge in [0.1, 0.15) is 0 Å². The third-order valence-electron chi connectivity index (χ3n) is 6.00. The number of nitrogens with one attached hydrogen (secondary N) is 1. The molecule has 0 spiro atoms. The van der Waals surface area contributed by atoms with Gasteiger partial charge in [-0.2, -0.15) is 0 Å².